The number of Topliss-reactive ketones (excluding diaryl/α,β-unsaturated/α-hetero) is 3. The van der Waals surface area contributed by atoms with Crippen molar-refractivity contribution < 1.29 is 110 Å². The number of nitrogens with two attached hydrogens (primary N) is 2. The predicted octanol–water partition coefficient (Wildman–Crippen LogP) is 7.56. The van der Waals surface area contributed by atoms with Crippen LogP contribution in [0.2, 0.25) is 0 Å². The Labute approximate surface area is 802 Å². The van der Waals surface area contributed by atoms with E-state index in [1.807, 2.05) is 173 Å². The zero-order chi connectivity index (χ0) is 103. The Kier molecular flexibility index (Phi) is 36.0. The van der Waals surface area contributed by atoms with Gasteiger partial charge in [0.25, 0.3) is 17.7 Å². The Morgan fingerprint density at radius 1 is 0.397 bits per heavy atom. The lowest BCUT2D eigenvalue weighted by Crippen LogP contribution is -2.62. The van der Waals surface area contributed by atoms with Crippen molar-refractivity contribution in [2.75, 3.05) is 59.7 Å². The highest BCUT2D eigenvalue weighted by atomic mass is 16.7. The van der Waals surface area contributed by atoms with Gasteiger partial charge in [-0.05, 0) is 155 Å². The minimum absolute atomic E-state index is 0.0417. The van der Waals surface area contributed by atoms with Gasteiger partial charge in [-0.25, -0.2) is 24.0 Å². The average molecular weight is 1920 g/mol. The van der Waals surface area contributed by atoms with E-state index in [2.05, 4.69) is 64.5 Å². The summed E-state index contributed by atoms with van der Waals surface area (Å²) in [4.78, 5) is 239. The summed E-state index contributed by atoms with van der Waals surface area (Å²) in [5.74, 6) is -7.97. The molecule has 0 aromatic rings. The summed E-state index contributed by atoms with van der Waals surface area (Å²) < 4.78 is 25.6. The molecule has 15 amide bonds. The summed E-state index contributed by atoms with van der Waals surface area (Å²) >= 11 is 0. The molecular formula is C98H161N15O23. The van der Waals surface area contributed by atoms with E-state index in [9.17, 15) is 86.3 Å². The minimum Gasteiger partial charge on any atom is -0.463 e. The lowest BCUT2D eigenvalue weighted by atomic mass is 9.85. The van der Waals surface area contributed by atoms with Crippen molar-refractivity contribution in [1.29, 1.82) is 0 Å². The van der Waals surface area contributed by atoms with Crippen LogP contribution in [0.4, 0.5) is 24.0 Å². The molecule has 0 aromatic carbocycles. The Bertz CT molecular complexity index is 4460. The van der Waals surface area contributed by atoms with E-state index in [4.69, 9.17) is 30.4 Å². The van der Waals surface area contributed by atoms with Crippen LogP contribution >= 0.6 is 0 Å². The molecule has 38 heteroatoms. The topological polar surface area (TPSA) is 535 Å². The van der Waals surface area contributed by atoms with Crippen LogP contribution in [0.3, 0.4) is 0 Å². The van der Waals surface area contributed by atoms with Gasteiger partial charge < -0.3 is 103 Å². The molecule has 38 nitrogen and oxygen atoms in total. The quantitative estimate of drug-likeness (QED) is 0.0123. The zero-order valence-electron chi connectivity index (χ0n) is 86.0. The molecule has 9 aliphatic rings. The summed E-state index contributed by atoms with van der Waals surface area (Å²) in [7, 11) is 1.19. The highest BCUT2D eigenvalue weighted by Gasteiger charge is 2.73. The molecule has 766 valence electrons. The van der Waals surface area contributed by atoms with Gasteiger partial charge in [0.05, 0.1) is 55.4 Å². The number of ketones is 3. The molecule has 3 heterocycles. The van der Waals surface area contributed by atoms with E-state index in [0.29, 0.717) is 51.4 Å². The third-order valence-electron chi connectivity index (χ3n) is 28.7. The number of methoxy groups -OCH3 is 1. The van der Waals surface area contributed by atoms with Crippen LogP contribution in [0.5, 0.6) is 0 Å². The second kappa shape index (κ2) is 43.5. The fraction of sp³-hybridized carbons (Fsp3) is 0.796. The fourth-order valence-corrected chi connectivity index (χ4v) is 18.6. The van der Waals surface area contributed by atoms with Gasteiger partial charge in [0.2, 0.25) is 52.8 Å². The van der Waals surface area contributed by atoms with Crippen LogP contribution in [0.1, 0.15) is 258 Å². The molecule has 4 unspecified atom stereocenters. The number of hydrogen-bond donors (Lipinski definition) is 12. The summed E-state index contributed by atoms with van der Waals surface area (Å²) in [5, 5.41) is 27.8. The van der Waals surface area contributed by atoms with Crippen molar-refractivity contribution >= 4 is 107 Å². The van der Waals surface area contributed by atoms with Gasteiger partial charge in [-0.2, -0.15) is 0 Å². The number of fused-ring (bicyclic) bond motifs is 3. The van der Waals surface area contributed by atoms with Crippen LogP contribution in [0, 0.1) is 107 Å². The number of likely N-dealkylation sites (tertiary alicyclic amines) is 3. The molecule has 0 bridgehead atoms. The predicted molar refractivity (Wildman–Crippen MR) is 504 cm³/mol. The number of nitrogens with one attached hydrogen (secondary N) is 10. The normalized spacial score (nSPS) is 23.9. The zero-order valence-corrected chi connectivity index (χ0v) is 86.0. The number of urea groups is 3. The van der Waals surface area contributed by atoms with Crippen molar-refractivity contribution in [3.63, 3.8) is 0 Å². The standard InChI is InChI=1S/C35H57N5O8.C33H55N5O7.C30H49N5O8/c1-11-13-22(26(41)29(43)36-16-12-2)37-28(42)25-24-21(35(24,9)10)17-40(25)30(44)27(34(6,7)8)39-31(45)38-23(33(3,4)5)19-48-32(46)47-18-20-14-15-20;1-30(2,3)20(16-45-28(43)32(7,8)9)36-29(44)37-24(31(4,5)6)27(42)38-15-18-21(33(18,10)11)22(38)26(41)35-19(14-17-12-13-17)23(39)25(34)40;1-28(2,3)18(14-43-27(41)42-9)33-26(40)34-22(29(4,5)6)25(39)35-13-16-19(30(16,7)8)20(35)24(38)32-17(12-15-10-11-15)21(36)23(31)37/h12,20-25,27H,2,11,13-19H2,1,3-10H3,(H,36,43)(H,37,42)(H2,38,39,45);17-22,24H,12-16H2,1-11H3,(H2,34,40)(H,35,41)(H2,36,37,44);15-20,22H,10-14H2,1-9H3,(H2,31,37)(H,32,38)(H2,33,34,40)/t21-,22?,23+,24-,25?,27+;18-,19?,20+,21-,22-,24+;16-,17?,18+,19-,20-,22+/m000/s1. The smallest absolute Gasteiger partial charge is 0.463 e. The molecule has 6 aliphatic carbocycles. The highest BCUT2D eigenvalue weighted by molar-refractivity contribution is 6.39. The Morgan fingerprint density at radius 3 is 0.963 bits per heavy atom. The van der Waals surface area contributed by atoms with Gasteiger partial charge in [0, 0.05) is 26.2 Å². The van der Waals surface area contributed by atoms with Gasteiger partial charge in [-0.15, -0.1) is 6.58 Å². The third-order valence-corrected chi connectivity index (χ3v) is 28.7. The van der Waals surface area contributed by atoms with Crippen LogP contribution in [-0.2, 0) is 86.0 Å². The maximum absolute atomic E-state index is 14.3. The third kappa shape index (κ3) is 29.4. The number of nitrogens with zero attached hydrogens (tertiary/aromatic N) is 3. The molecule has 9 fully saturated rings. The van der Waals surface area contributed by atoms with Gasteiger partial charge in [0.15, 0.2) is 0 Å². The maximum Gasteiger partial charge on any atom is 0.508 e. The number of amides is 15. The van der Waals surface area contributed by atoms with Gasteiger partial charge in [-0.3, -0.25) is 62.3 Å². The molecule has 136 heavy (non-hydrogen) atoms. The molecule has 9 rings (SSSR count). The van der Waals surface area contributed by atoms with Gasteiger partial charge in [-0.1, -0.05) is 211 Å². The van der Waals surface area contributed by atoms with Crippen molar-refractivity contribution in [2.45, 2.75) is 331 Å². The molecule has 0 aromatic heterocycles. The lowest BCUT2D eigenvalue weighted by molar-refractivity contribution is -0.154. The Morgan fingerprint density at radius 2 is 0.699 bits per heavy atom. The lowest BCUT2D eigenvalue weighted by Gasteiger charge is -2.38. The van der Waals surface area contributed by atoms with Gasteiger partial charge >= 0.3 is 36.4 Å². The van der Waals surface area contributed by atoms with Crippen molar-refractivity contribution in [3.8, 4) is 0 Å². The Balaban J connectivity index is 0.000000278. The van der Waals surface area contributed by atoms with Crippen LogP contribution in [0.25, 0.3) is 0 Å². The number of esters is 1. The first-order valence-electron chi connectivity index (χ1n) is 48.1. The van der Waals surface area contributed by atoms with Crippen molar-refractivity contribution in [1.82, 2.24) is 67.9 Å². The number of carbonyl (C=O) groups is 18. The molecule has 6 saturated carbocycles. The van der Waals surface area contributed by atoms with Crippen LogP contribution in [-0.4, -0.2) is 254 Å². The SMILES string of the molecule is C=CCNC(=O)C(=O)C(CCC)NC(=O)C1[C@@H]2[C@H](CN1C(=O)[C@@H](NC(=O)N[C@H](COC(=O)OCC1CC1)C(C)(C)C)C(C)(C)C)C2(C)C.CC(C)(C)C(=O)OC[C@@H](NC(=O)N[C@H](C(=O)N1C[C@H]2[C@@H]([C@H]1C(=O)NC(CC1CC1)C(=O)C(N)=O)C2(C)C)C(C)(C)C)C(C)(C)C.COC(=O)OC[C@@H](NC(=O)N[C@H](C(=O)N1C[C@H]2[C@@H]([C@H]1C(=O)NC(CC1CC1)C(=O)C(N)=O)C2(C)C)C(C)(C)C)C(C)(C)C. The van der Waals surface area contributed by atoms with Gasteiger partial charge in [0.1, 0.15) is 56.1 Å². The number of piperidine rings is 3. The molecular weight excluding hydrogens is 1760 g/mol. The van der Waals surface area contributed by atoms with E-state index in [1.165, 1.54) is 27.9 Å². The van der Waals surface area contributed by atoms with E-state index in [-0.39, 0.29) is 96.4 Å². The first-order chi connectivity index (χ1) is 62.3. The van der Waals surface area contributed by atoms with E-state index in [0.717, 1.165) is 38.5 Å². The first-order valence-corrected chi connectivity index (χ1v) is 48.1. The summed E-state index contributed by atoms with van der Waals surface area (Å²) in [6.07, 6.45) is 6.97. The largest absolute Gasteiger partial charge is 0.508 e. The summed E-state index contributed by atoms with van der Waals surface area (Å²) in [5.41, 5.74) is 5.57. The number of rotatable bonds is 37. The average Bonchev–Trinajstić information content (AvgIpc) is 1.53. The van der Waals surface area contributed by atoms with Crippen LogP contribution in [0.15, 0.2) is 12.7 Å². The second-order valence-electron chi connectivity index (χ2n) is 48.3. The first kappa shape index (κ1) is 113. The molecule has 3 saturated heterocycles. The molecule has 0 spiro atoms. The maximum atomic E-state index is 14.3. The molecule has 18 atom stereocenters. The summed E-state index contributed by atoms with van der Waals surface area (Å²) in [6, 6.07) is -12.4. The fourth-order valence-electron chi connectivity index (χ4n) is 18.6. The van der Waals surface area contributed by atoms with Crippen molar-refractivity contribution in [2.24, 2.45) is 119 Å². The number of primary amides is 2. The van der Waals surface area contributed by atoms with Crippen LogP contribution < -0.4 is 64.6 Å². The Hall–Kier alpha value is -10.2. The van der Waals surface area contributed by atoms with E-state index >= 15 is 0 Å². The summed E-state index contributed by atoms with van der Waals surface area (Å²) in [6.45, 7) is 57.4. The molecule has 0 radical (unpaired) electrons. The number of hydrogen-bond acceptors (Lipinski definition) is 23. The molecule has 3 aliphatic heterocycles. The second-order valence-corrected chi connectivity index (χ2v) is 48.3. The number of ether oxygens (including phenoxy) is 5. The highest BCUT2D eigenvalue weighted by Crippen LogP contribution is 2.67. The number of carbonyl (C=O) groups excluding carboxylic acids is 18. The van der Waals surface area contributed by atoms with E-state index in [1.54, 1.807) is 20.8 Å². The van der Waals surface area contributed by atoms with E-state index < -0.39 is 217 Å². The minimum atomic E-state index is -1.11. The monoisotopic (exact) mass is 1920 g/mol. The molecule has 14 N–H and O–H groups in total. The van der Waals surface area contributed by atoms with Crippen molar-refractivity contribution in [3.05, 3.63) is 12.7 Å².